The van der Waals surface area contributed by atoms with E-state index in [0.717, 1.165) is 51.4 Å². The molecule has 0 spiro atoms. The smallest absolute Gasteiger partial charge is 0.405 e. The summed E-state index contributed by atoms with van der Waals surface area (Å²) < 4.78 is 33.8. The van der Waals surface area contributed by atoms with Crippen LogP contribution in [0.1, 0.15) is 158 Å². The second-order valence-corrected chi connectivity index (χ2v) is 24.1. The Morgan fingerprint density at radius 2 is 0.852 bits per heavy atom. The van der Waals surface area contributed by atoms with Crippen molar-refractivity contribution in [3.8, 4) is 0 Å². The van der Waals surface area contributed by atoms with Gasteiger partial charge in [0.15, 0.2) is 23.8 Å². The van der Waals surface area contributed by atoms with Crippen LogP contribution in [-0.2, 0) is 57.2 Å². The van der Waals surface area contributed by atoms with E-state index in [2.05, 4.69) is 10.6 Å². The van der Waals surface area contributed by atoms with Gasteiger partial charge in [0.1, 0.15) is 12.2 Å². The molecule has 4 aliphatic rings. The number of nitrogens with two attached hydrogens (primary N) is 2. The SMILES string of the molecule is COC1/C=C\C=C(/C)C(=O)NC2=CC(=O)C(CCCCCCCCCCCCC3=C4C[C@@H](C)C[C@H](OC)[C@H](O)[C@@H](C)/C=C(\C)C(OC(N)=O)[C@@H](OC)/C=C\C=C(/C)C(=O)NC(=CC3=O)C4=O)=C(C[C@@H](C)C[C@H](OC)[C@H](O)[C@@H](C)/C=C(\C)[C@@H]1OC(N)=O)C2=O. The first-order valence-electron chi connectivity index (χ1n) is 30.9. The minimum atomic E-state index is -1.02. The number of aliphatic hydroxyl groups is 2. The zero-order valence-corrected chi connectivity index (χ0v) is 53.8. The number of primary amides is 2. The number of carbonyl (C=O) groups excluding carboxylic acids is 8. The van der Waals surface area contributed by atoms with Gasteiger partial charge in [0, 0.05) is 85.9 Å². The lowest BCUT2D eigenvalue weighted by molar-refractivity contribution is -0.120. The van der Waals surface area contributed by atoms with Crippen LogP contribution in [0, 0.1) is 23.7 Å². The number of methoxy groups -OCH3 is 4. The summed E-state index contributed by atoms with van der Waals surface area (Å²) in [6.07, 6.45) is 17.0. The molecule has 2 unspecified atom stereocenters. The third kappa shape index (κ3) is 22.1. The van der Waals surface area contributed by atoms with Gasteiger partial charge in [0.05, 0.1) is 35.8 Å². The number of ether oxygens (including phenoxy) is 6. The fourth-order valence-electron chi connectivity index (χ4n) is 11.9. The molecular weight excluding hydrogens is 1130 g/mol. The topological polar surface area (TPSA) is 308 Å². The van der Waals surface area contributed by atoms with E-state index in [0.29, 0.717) is 72.0 Å². The van der Waals surface area contributed by atoms with Crippen molar-refractivity contribution < 1.29 is 77.0 Å². The van der Waals surface area contributed by atoms with E-state index in [9.17, 15) is 48.6 Å². The number of Topliss-reactive ketones (excluding diaryl/α,β-unsaturated/α-hetero) is 2. The van der Waals surface area contributed by atoms with Crippen LogP contribution in [0.4, 0.5) is 9.59 Å². The molecule has 8 N–H and O–H groups in total. The van der Waals surface area contributed by atoms with Crippen LogP contribution in [0.3, 0.4) is 0 Å². The van der Waals surface area contributed by atoms with Gasteiger partial charge in [-0.15, -0.1) is 0 Å². The van der Waals surface area contributed by atoms with Gasteiger partial charge in [-0.05, 0) is 102 Å². The standard InChI is InChI=1S/C68H98N4O16/c1-39-31-49-47(53(73)37-51(61(49)77)71-65(79)41(3)25-23-29-55(83-9)63(87-67(69)81)45(7)35-43(5)59(75)57(33-39)85-11)27-21-19-17-15-13-14-16-18-20-22-28-48-50-32-40(2)34-58(86-12)60(76)44(6)36-46(8)64(88-68(70)82)56(84-10)30-24-26-42(4)66(80)72-52(62(50)78)38-54(48)74/h23-26,29-30,35-40,43-44,55-60,63-64,75-76H,13-22,27-28,31-34H2,1-12H3,(H2,69,81)(H2,70,82)(H,71,79)(H,72,80)/b29-23-,30-24-,41-25+,42-26+,45-35+,46-36+/t39-,40-,43+,44+,55+,56?,57+,58+,59-,60-,63?,64+/m1/s1. The van der Waals surface area contributed by atoms with Gasteiger partial charge in [-0.3, -0.25) is 28.8 Å². The van der Waals surface area contributed by atoms with E-state index in [1.165, 1.54) is 52.7 Å². The Bertz CT molecular complexity index is 2640. The van der Waals surface area contributed by atoms with Crippen molar-refractivity contribution in [2.75, 3.05) is 28.4 Å². The van der Waals surface area contributed by atoms with Crippen LogP contribution < -0.4 is 22.1 Å². The lowest BCUT2D eigenvalue weighted by atomic mass is 9.82. The second kappa shape index (κ2) is 36.7. The molecule has 2 aliphatic heterocycles. The van der Waals surface area contributed by atoms with Crippen LogP contribution in [0.15, 0.2) is 117 Å². The number of hydrogen-bond donors (Lipinski definition) is 6. The quantitative estimate of drug-likeness (QED) is 0.0399. The van der Waals surface area contributed by atoms with Gasteiger partial charge < -0.3 is 60.7 Å². The Kier molecular flexibility index (Phi) is 30.8. The lowest BCUT2D eigenvalue weighted by Gasteiger charge is -2.30. The number of rotatable bonds is 19. The van der Waals surface area contributed by atoms with Gasteiger partial charge in [-0.25, -0.2) is 9.59 Å². The Hall–Kier alpha value is -6.68. The van der Waals surface area contributed by atoms with E-state index in [-0.39, 0.29) is 58.8 Å². The first-order chi connectivity index (χ1) is 41.8. The van der Waals surface area contributed by atoms with E-state index >= 15 is 0 Å². The summed E-state index contributed by atoms with van der Waals surface area (Å²) in [4.78, 5) is 107. The number of ketones is 4. The molecule has 4 rings (SSSR count). The van der Waals surface area contributed by atoms with Crippen LogP contribution >= 0.6 is 0 Å². The highest BCUT2D eigenvalue weighted by Gasteiger charge is 2.36. The van der Waals surface area contributed by atoms with Gasteiger partial charge in [-0.2, -0.15) is 0 Å². The fraction of sp³-hybridized carbons (Fsp3) is 0.588. The van der Waals surface area contributed by atoms with Crippen molar-refractivity contribution in [1.29, 1.82) is 0 Å². The first-order valence-corrected chi connectivity index (χ1v) is 30.9. The molecule has 2 heterocycles. The highest BCUT2D eigenvalue weighted by atomic mass is 16.6. The number of unbranched alkanes of at least 4 members (excludes halogenated alkanes) is 9. The normalized spacial score (nSPS) is 31.1. The number of aliphatic hydroxyl groups excluding tert-OH is 2. The molecule has 4 bridgehead atoms. The Labute approximate surface area is 520 Å². The predicted octanol–water partition coefficient (Wildman–Crippen LogP) is 9.30. The number of hydrogen-bond acceptors (Lipinski definition) is 16. The van der Waals surface area contributed by atoms with E-state index in [1.807, 2.05) is 27.7 Å². The molecule has 0 saturated heterocycles. The van der Waals surface area contributed by atoms with E-state index < -0.39 is 96.2 Å². The Balaban J connectivity index is 1.39. The molecule has 486 valence electrons. The Morgan fingerprint density at radius 1 is 0.523 bits per heavy atom. The molecule has 12 atom stereocenters. The highest BCUT2D eigenvalue weighted by Crippen LogP contribution is 2.34. The van der Waals surface area contributed by atoms with Gasteiger partial charge in [0.25, 0.3) is 11.8 Å². The van der Waals surface area contributed by atoms with Gasteiger partial charge in [-0.1, -0.05) is 128 Å². The van der Waals surface area contributed by atoms with E-state index in [4.69, 9.17) is 39.9 Å². The van der Waals surface area contributed by atoms with Crippen LogP contribution in [0.2, 0.25) is 0 Å². The molecule has 0 aromatic rings. The highest BCUT2D eigenvalue weighted by molar-refractivity contribution is 6.24. The van der Waals surface area contributed by atoms with Crippen LogP contribution in [-0.4, -0.2) is 135 Å². The number of amides is 4. The summed E-state index contributed by atoms with van der Waals surface area (Å²) >= 11 is 0. The predicted molar refractivity (Wildman–Crippen MR) is 334 cm³/mol. The summed E-state index contributed by atoms with van der Waals surface area (Å²) in [5.74, 6) is -4.14. The molecule has 88 heavy (non-hydrogen) atoms. The Morgan fingerprint density at radius 3 is 1.16 bits per heavy atom. The third-order valence-corrected chi connectivity index (χ3v) is 16.9. The van der Waals surface area contributed by atoms with Crippen LogP contribution in [0.25, 0.3) is 0 Å². The maximum absolute atomic E-state index is 14.3. The molecule has 4 amide bonds. The number of nitrogens with one attached hydrogen (secondary N) is 2. The average molecular weight is 1230 g/mol. The molecule has 0 saturated carbocycles. The monoisotopic (exact) mass is 1230 g/mol. The first kappa shape index (κ1) is 73.8. The summed E-state index contributed by atoms with van der Waals surface area (Å²) in [5, 5.41) is 28.5. The third-order valence-electron chi connectivity index (χ3n) is 16.9. The van der Waals surface area contributed by atoms with Crippen molar-refractivity contribution >= 4 is 47.1 Å². The second-order valence-electron chi connectivity index (χ2n) is 24.1. The minimum Gasteiger partial charge on any atom is -0.439 e. The molecule has 0 aromatic carbocycles. The zero-order valence-electron chi connectivity index (χ0n) is 53.8. The van der Waals surface area contributed by atoms with Crippen molar-refractivity contribution in [2.45, 2.75) is 207 Å². The molecule has 20 nitrogen and oxygen atoms in total. The molecule has 0 fully saturated rings. The number of fused-ring (bicyclic) bond motifs is 4. The molecule has 2 aliphatic carbocycles. The maximum Gasteiger partial charge on any atom is 0.405 e. The van der Waals surface area contributed by atoms with Crippen molar-refractivity contribution in [1.82, 2.24) is 10.6 Å². The average Bonchev–Trinajstić information content (AvgIpc) is 2.57. The zero-order chi connectivity index (χ0) is 65.4. The maximum atomic E-state index is 14.3. The van der Waals surface area contributed by atoms with E-state index in [1.54, 1.807) is 64.2 Å². The summed E-state index contributed by atoms with van der Waals surface area (Å²) in [6, 6.07) is 0. The van der Waals surface area contributed by atoms with Crippen LogP contribution in [0.5, 0.6) is 0 Å². The van der Waals surface area contributed by atoms with Crippen molar-refractivity contribution in [3.05, 3.63) is 117 Å². The number of carbonyl (C=O) groups is 8. The molecular formula is C68H98N4O16. The fourth-order valence-corrected chi connectivity index (χ4v) is 11.9. The summed E-state index contributed by atoms with van der Waals surface area (Å²) in [5.41, 5.74) is 13.8. The van der Waals surface area contributed by atoms with Crippen molar-refractivity contribution in [3.63, 3.8) is 0 Å². The molecule has 0 aromatic heterocycles. The number of allylic oxidation sites excluding steroid dienone is 10. The van der Waals surface area contributed by atoms with Gasteiger partial charge >= 0.3 is 12.2 Å². The lowest BCUT2D eigenvalue weighted by Crippen LogP contribution is -2.37. The molecule has 20 heteroatoms. The summed E-state index contributed by atoms with van der Waals surface area (Å²) in [6.45, 7) is 14.1. The van der Waals surface area contributed by atoms with Crippen molar-refractivity contribution in [2.24, 2.45) is 35.1 Å². The molecule has 0 radical (unpaired) electrons. The largest absolute Gasteiger partial charge is 0.439 e. The minimum absolute atomic E-state index is 0.115. The van der Waals surface area contributed by atoms with Gasteiger partial charge in [0.2, 0.25) is 11.6 Å². The summed E-state index contributed by atoms with van der Waals surface area (Å²) in [7, 11) is 5.86.